The van der Waals surface area contributed by atoms with E-state index < -0.39 is 11.6 Å². The number of ether oxygens (including phenoxy) is 1. The smallest absolute Gasteiger partial charge is 0.336 e. The average Bonchev–Trinajstić information content (AvgIpc) is 2.40. The molecule has 0 aromatic rings. The van der Waals surface area contributed by atoms with Crippen LogP contribution in [0.15, 0.2) is 0 Å². The number of hydrogen-bond acceptors (Lipinski definition) is 3. The third-order valence-electron chi connectivity index (χ3n) is 3.11. The number of carboxylic acid groups (broad SMARTS) is 1. The van der Waals surface area contributed by atoms with Crippen molar-refractivity contribution in [3.63, 3.8) is 0 Å². The molecule has 0 bridgehead atoms. The number of carboxylic acids is 1. The van der Waals surface area contributed by atoms with Crippen LogP contribution in [0.2, 0.25) is 0 Å². The topological polar surface area (TPSA) is 49.8 Å². The van der Waals surface area contributed by atoms with Crippen molar-refractivity contribution in [2.45, 2.75) is 31.8 Å². The van der Waals surface area contributed by atoms with E-state index in [1.54, 1.807) is 0 Å². The van der Waals surface area contributed by atoms with Gasteiger partial charge in [-0.05, 0) is 32.4 Å². The molecule has 1 aliphatic rings. The number of carbonyl (C=O) groups is 1. The van der Waals surface area contributed by atoms with Crippen LogP contribution in [0, 0.1) is 0 Å². The lowest BCUT2D eigenvalue weighted by molar-refractivity contribution is -0.163. The highest BCUT2D eigenvalue weighted by Gasteiger charge is 2.39. The molecular weight excluding hydrogens is 182 g/mol. The number of hydrogen-bond donors (Lipinski definition) is 1. The van der Waals surface area contributed by atoms with E-state index >= 15 is 0 Å². The lowest BCUT2D eigenvalue weighted by atomic mass is 9.95. The first-order valence-electron chi connectivity index (χ1n) is 5.15. The third kappa shape index (κ3) is 2.25. The van der Waals surface area contributed by atoms with Crippen LogP contribution in [0.1, 0.15) is 26.2 Å². The van der Waals surface area contributed by atoms with Gasteiger partial charge in [0.2, 0.25) is 0 Å². The van der Waals surface area contributed by atoms with Crippen LogP contribution < -0.4 is 0 Å². The zero-order valence-electron chi connectivity index (χ0n) is 8.95. The maximum Gasteiger partial charge on any atom is 0.336 e. The van der Waals surface area contributed by atoms with Crippen LogP contribution in [-0.2, 0) is 9.53 Å². The van der Waals surface area contributed by atoms with Crippen LogP contribution in [0.25, 0.3) is 0 Å². The Balaban J connectivity index is 2.66. The Bertz CT molecular complexity index is 208. The molecule has 1 aliphatic heterocycles. The second-order valence-electron chi connectivity index (χ2n) is 3.79. The molecule has 0 aromatic carbocycles. The number of methoxy groups -OCH3 is 1. The Morgan fingerprint density at radius 3 is 2.71 bits per heavy atom. The predicted octanol–water partition coefficient (Wildman–Crippen LogP) is 0.962. The summed E-state index contributed by atoms with van der Waals surface area (Å²) in [7, 11) is 1.50. The Hall–Kier alpha value is -0.610. The first-order chi connectivity index (χ1) is 6.64. The molecule has 4 heteroatoms. The van der Waals surface area contributed by atoms with E-state index in [-0.39, 0.29) is 0 Å². The fraction of sp³-hybridized carbons (Fsp3) is 0.900. The summed E-state index contributed by atoms with van der Waals surface area (Å²) in [5, 5.41) is 9.13. The largest absolute Gasteiger partial charge is 0.479 e. The van der Waals surface area contributed by atoms with E-state index in [9.17, 15) is 4.79 Å². The van der Waals surface area contributed by atoms with Gasteiger partial charge in [0.15, 0.2) is 5.60 Å². The Morgan fingerprint density at radius 2 is 2.21 bits per heavy atom. The van der Waals surface area contributed by atoms with Crippen molar-refractivity contribution in [1.82, 2.24) is 4.90 Å². The first kappa shape index (κ1) is 11.5. The molecule has 1 saturated heterocycles. The van der Waals surface area contributed by atoms with Crippen LogP contribution in [0.4, 0.5) is 0 Å². The van der Waals surface area contributed by atoms with E-state index in [0.29, 0.717) is 12.8 Å². The molecule has 1 fully saturated rings. The van der Waals surface area contributed by atoms with Crippen molar-refractivity contribution < 1.29 is 14.6 Å². The molecule has 1 heterocycles. The van der Waals surface area contributed by atoms with Crippen LogP contribution in [-0.4, -0.2) is 48.3 Å². The maximum absolute atomic E-state index is 11.1. The first-order valence-corrected chi connectivity index (χ1v) is 5.15. The van der Waals surface area contributed by atoms with Gasteiger partial charge in [-0.15, -0.1) is 0 Å². The standard InChI is InChI=1S/C10H19NO3/c1-3-11-7-4-5-10(14-2,6-8-11)9(12)13/h3-8H2,1-2H3,(H,12,13). The highest BCUT2D eigenvalue weighted by molar-refractivity contribution is 5.77. The number of likely N-dealkylation sites (tertiary alicyclic amines) is 1. The molecular formula is C10H19NO3. The van der Waals surface area contributed by atoms with Gasteiger partial charge < -0.3 is 14.7 Å². The van der Waals surface area contributed by atoms with Crippen LogP contribution in [0.5, 0.6) is 0 Å². The molecule has 14 heavy (non-hydrogen) atoms. The summed E-state index contributed by atoms with van der Waals surface area (Å²) in [6.45, 7) is 4.88. The van der Waals surface area contributed by atoms with Crippen molar-refractivity contribution in [3.05, 3.63) is 0 Å². The van der Waals surface area contributed by atoms with E-state index in [1.165, 1.54) is 7.11 Å². The summed E-state index contributed by atoms with van der Waals surface area (Å²) in [4.78, 5) is 13.4. The number of aliphatic carboxylic acids is 1. The van der Waals surface area contributed by atoms with Crippen molar-refractivity contribution >= 4 is 5.97 Å². The lowest BCUT2D eigenvalue weighted by Crippen LogP contribution is -2.41. The Labute approximate surface area is 84.8 Å². The monoisotopic (exact) mass is 201 g/mol. The molecule has 0 amide bonds. The molecule has 0 aromatic heterocycles. The zero-order chi connectivity index (χ0) is 10.6. The van der Waals surface area contributed by atoms with Gasteiger partial charge in [0, 0.05) is 13.7 Å². The van der Waals surface area contributed by atoms with Crippen molar-refractivity contribution in [3.8, 4) is 0 Å². The van der Waals surface area contributed by atoms with E-state index in [1.807, 2.05) is 0 Å². The minimum Gasteiger partial charge on any atom is -0.479 e. The van der Waals surface area contributed by atoms with E-state index in [2.05, 4.69) is 11.8 Å². The summed E-state index contributed by atoms with van der Waals surface area (Å²) in [5.41, 5.74) is -0.941. The quantitative estimate of drug-likeness (QED) is 0.739. The second-order valence-corrected chi connectivity index (χ2v) is 3.79. The van der Waals surface area contributed by atoms with Crippen molar-refractivity contribution in [1.29, 1.82) is 0 Å². The van der Waals surface area contributed by atoms with Gasteiger partial charge in [0.1, 0.15) is 0 Å². The van der Waals surface area contributed by atoms with Gasteiger partial charge in [-0.2, -0.15) is 0 Å². The van der Waals surface area contributed by atoms with Gasteiger partial charge in [-0.3, -0.25) is 0 Å². The fourth-order valence-electron chi connectivity index (χ4n) is 1.99. The SMILES string of the molecule is CCN1CCCC(OC)(C(=O)O)CC1. The minimum absolute atomic E-state index is 0.590. The molecule has 0 aliphatic carbocycles. The molecule has 1 N–H and O–H groups in total. The van der Waals surface area contributed by atoms with Gasteiger partial charge in [-0.1, -0.05) is 6.92 Å². The highest BCUT2D eigenvalue weighted by atomic mass is 16.5. The molecule has 1 unspecified atom stereocenters. The maximum atomic E-state index is 11.1. The summed E-state index contributed by atoms with van der Waals surface area (Å²) in [6.07, 6.45) is 2.11. The third-order valence-corrected chi connectivity index (χ3v) is 3.11. The number of rotatable bonds is 3. The second kappa shape index (κ2) is 4.75. The van der Waals surface area contributed by atoms with Gasteiger partial charge in [-0.25, -0.2) is 4.79 Å². The van der Waals surface area contributed by atoms with Gasteiger partial charge >= 0.3 is 5.97 Å². The molecule has 1 rings (SSSR count). The molecule has 0 saturated carbocycles. The van der Waals surface area contributed by atoms with E-state index in [4.69, 9.17) is 9.84 Å². The molecule has 82 valence electrons. The summed E-state index contributed by atoms with van der Waals surface area (Å²) < 4.78 is 5.19. The van der Waals surface area contributed by atoms with Crippen molar-refractivity contribution in [2.24, 2.45) is 0 Å². The number of nitrogens with zero attached hydrogens (tertiary/aromatic N) is 1. The average molecular weight is 201 g/mol. The molecule has 0 radical (unpaired) electrons. The summed E-state index contributed by atoms with van der Waals surface area (Å²) in [6, 6.07) is 0. The predicted molar refractivity (Wildman–Crippen MR) is 53.3 cm³/mol. The highest BCUT2D eigenvalue weighted by Crippen LogP contribution is 2.25. The van der Waals surface area contributed by atoms with Gasteiger partial charge in [0.25, 0.3) is 0 Å². The Kier molecular flexibility index (Phi) is 3.89. The van der Waals surface area contributed by atoms with Crippen LogP contribution in [0.3, 0.4) is 0 Å². The summed E-state index contributed by atoms with van der Waals surface area (Å²) in [5.74, 6) is -0.821. The molecule has 4 nitrogen and oxygen atoms in total. The normalized spacial score (nSPS) is 29.9. The minimum atomic E-state index is -0.941. The Morgan fingerprint density at radius 1 is 1.50 bits per heavy atom. The summed E-state index contributed by atoms with van der Waals surface area (Å²) >= 11 is 0. The zero-order valence-corrected chi connectivity index (χ0v) is 8.95. The van der Waals surface area contributed by atoms with Gasteiger partial charge in [0.05, 0.1) is 0 Å². The fourth-order valence-corrected chi connectivity index (χ4v) is 1.99. The van der Waals surface area contributed by atoms with Crippen molar-refractivity contribution in [2.75, 3.05) is 26.7 Å². The lowest BCUT2D eigenvalue weighted by Gasteiger charge is -2.26. The van der Waals surface area contributed by atoms with E-state index in [0.717, 1.165) is 26.1 Å². The molecule has 0 spiro atoms. The van der Waals surface area contributed by atoms with Crippen LogP contribution >= 0.6 is 0 Å². The molecule has 1 atom stereocenters.